The van der Waals surface area contributed by atoms with Crippen LogP contribution >= 0.6 is 0 Å². The third kappa shape index (κ3) is 2.85. The third-order valence-electron chi connectivity index (χ3n) is 6.58. The van der Waals surface area contributed by atoms with E-state index in [-0.39, 0.29) is 17.0 Å². The van der Waals surface area contributed by atoms with Gasteiger partial charge in [-0.3, -0.25) is 4.79 Å². The lowest BCUT2D eigenvalue weighted by atomic mass is 9.50. The van der Waals surface area contributed by atoms with Crippen LogP contribution in [0.5, 0.6) is 0 Å². The Morgan fingerprint density at radius 2 is 2.11 bits per heavy atom. The van der Waals surface area contributed by atoms with E-state index in [0.29, 0.717) is 23.4 Å². The second-order valence-corrected chi connectivity index (χ2v) is 9.42. The largest absolute Gasteiger partial charge is 0.361 e. The molecule has 4 aliphatic carbocycles. The Bertz CT molecular complexity index is 828. The van der Waals surface area contributed by atoms with Crippen molar-refractivity contribution >= 4 is 5.91 Å². The molecule has 6 rings (SSSR count). The van der Waals surface area contributed by atoms with Crippen molar-refractivity contribution in [2.45, 2.75) is 69.9 Å². The standard InChI is InChI=1S/C19H26N6O2/c1-12(2)3-15-5-16(23-27-15)17(26)22-18-6-13-4-14(7-18)9-19(8-13,10-18)25-21-11-20-24-25/h5,11-14H,3-4,6-10H2,1-2H3,(H,22,26). The summed E-state index contributed by atoms with van der Waals surface area (Å²) in [6, 6.07) is 1.78. The van der Waals surface area contributed by atoms with Crippen molar-refractivity contribution in [3.8, 4) is 0 Å². The van der Waals surface area contributed by atoms with Gasteiger partial charge in [0, 0.05) is 18.0 Å². The fraction of sp³-hybridized carbons (Fsp3) is 0.737. The van der Waals surface area contributed by atoms with Crippen molar-refractivity contribution < 1.29 is 9.32 Å². The molecule has 8 nitrogen and oxygen atoms in total. The van der Waals surface area contributed by atoms with Gasteiger partial charge in [-0.1, -0.05) is 19.0 Å². The molecule has 1 N–H and O–H groups in total. The Morgan fingerprint density at radius 1 is 1.33 bits per heavy atom. The third-order valence-corrected chi connectivity index (χ3v) is 6.58. The van der Waals surface area contributed by atoms with E-state index in [0.717, 1.165) is 44.3 Å². The predicted molar refractivity (Wildman–Crippen MR) is 95.7 cm³/mol. The van der Waals surface area contributed by atoms with Crippen LogP contribution in [0.2, 0.25) is 0 Å². The maximum absolute atomic E-state index is 12.9. The second-order valence-electron chi connectivity index (χ2n) is 9.42. The Balaban J connectivity index is 1.38. The summed E-state index contributed by atoms with van der Waals surface area (Å²) < 4.78 is 5.35. The summed E-state index contributed by atoms with van der Waals surface area (Å²) in [6.45, 7) is 4.24. The highest BCUT2D eigenvalue weighted by Crippen LogP contribution is 2.60. The highest BCUT2D eigenvalue weighted by atomic mass is 16.5. The number of tetrazole rings is 1. The summed E-state index contributed by atoms with van der Waals surface area (Å²) in [5.74, 6) is 2.31. The highest BCUT2D eigenvalue weighted by molar-refractivity contribution is 5.92. The van der Waals surface area contributed by atoms with Gasteiger partial charge >= 0.3 is 0 Å². The lowest BCUT2D eigenvalue weighted by Crippen LogP contribution is -2.66. The molecule has 2 unspecified atom stereocenters. The van der Waals surface area contributed by atoms with Crippen LogP contribution in [0.4, 0.5) is 0 Å². The number of aromatic nitrogens is 5. The zero-order valence-electron chi connectivity index (χ0n) is 15.9. The number of carbonyl (C=O) groups excluding carboxylic acids is 1. The first-order valence-electron chi connectivity index (χ1n) is 9.97. The summed E-state index contributed by atoms with van der Waals surface area (Å²) >= 11 is 0. The summed E-state index contributed by atoms with van der Waals surface area (Å²) in [5.41, 5.74) is 0.0706. The minimum Gasteiger partial charge on any atom is -0.361 e. The number of rotatable bonds is 5. The van der Waals surface area contributed by atoms with Crippen LogP contribution in [0, 0.1) is 17.8 Å². The fourth-order valence-electron chi connectivity index (χ4n) is 6.20. The van der Waals surface area contributed by atoms with Crippen LogP contribution in [0.15, 0.2) is 16.9 Å². The van der Waals surface area contributed by atoms with Gasteiger partial charge in [0.2, 0.25) is 0 Å². The lowest BCUT2D eigenvalue weighted by Gasteiger charge is -2.61. The second kappa shape index (κ2) is 5.87. The van der Waals surface area contributed by atoms with Crippen LogP contribution in [-0.2, 0) is 12.0 Å². The van der Waals surface area contributed by atoms with Gasteiger partial charge in [-0.2, -0.15) is 4.80 Å². The molecule has 4 saturated carbocycles. The molecule has 4 fully saturated rings. The highest BCUT2D eigenvalue weighted by Gasteiger charge is 2.60. The molecule has 8 heteroatoms. The zero-order chi connectivity index (χ0) is 18.6. The molecule has 0 spiro atoms. The first-order valence-corrected chi connectivity index (χ1v) is 9.97. The van der Waals surface area contributed by atoms with Crippen molar-refractivity contribution in [1.82, 2.24) is 30.7 Å². The smallest absolute Gasteiger partial charge is 0.273 e. The topological polar surface area (TPSA) is 98.7 Å². The number of nitrogens with zero attached hydrogens (tertiary/aromatic N) is 5. The molecule has 4 bridgehead atoms. The molecule has 0 aliphatic heterocycles. The quantitative estimate of drug-likeness (QED) is 0.867. The van der Waals surface area contributed by atoms with Gasteiger partial charge in [0.25, 0.3) is 5.91 Å². The van der Waals surface area contributed by atoms with Crippen molar-refractivity contribution in [2.24, 2.45) is 17.8 Å². The molecule has 1 amide bonds. The van der Waals surface area contributed by atoms with E-state index in [1.165, 1.54) is 12.7 Å². The summed E-state index contributed by atoms with van der Waals surface area (Å²) in [4.78, 5) is 14.7. The van der Waals surface area contributed by atoms with Crippen molar-refractivity contribution in [3.05, 3.63) is 23.8 Å². The van der Waals surface area contributed by atoms with E-state index >= 15 is 0 Å². The molecule has 0 aromatic carbocycles. The van der Waals surface area contributed by atoms with Crippen LogP contribution in [0.1, 0.15) is 68.6 Å². The average Bonchev–Trinajstić information content (AvgIpc) is 3.24. The number of nitrogens with one attached hydrogen (secondary N) is 1. The summed E-state index contributed by atoms with van der Waals surface area (Å²) in [7, 11) is 0. The monoisotopic (exact) mass is 370 g/mol. The maximum atomic E-state index is 12.9. The first kappa shape index (κ1) is 16.9. The molecule has 2 aromatic heterocycles. The molecule has 27 heavy (non-hydrogen) atoms. The number of amides is 1. The SMILES string of the molecule is CC(C)Cc1cc(C(=O)NC23CC4CC(C2)CC(n2ncnn2)(C4)C3)no1. The molecule has 2 heterocycles. The minimum atomic E-state index is -0.202. The Kier molecular flexibility index (Phi) is 3.67. The van der Waals surface area contributed by atoms with E-state index in [2.05, 4.69) is 39.7 Å². The molecular weight excluding hydrogens is 344 g/mol. The van der Waals surface area contributed by atoms with Gasteiger partial charge in [-0.05, 0) is 61.5 Å². The number of hydrogen-bond acceptors (Lipinski definition) is 6. The van der Waals surface area contributed by atoms with Gasteiger partial charge < -0.3 is 9.84 Å². The molecule has 2 atom stereocenters. The van der Waals surface area contributed by atoms with Crippen LogP contribution in [-0.4, -0.2) is 36.8 Å². The number of hydrogen-bond donors (Lipinski definition) is 1. The van der Waals surface area contributed by atoms with Gasteiger partial charge in [-0.25, -0.2) is 0 Å². The molecular formula is C19H26N6O2. The van der Waals surface area contributed by atoms with E-state index in [4.69, 9.17) is 4.52 Å². The van der Waals surface area contributed by atoms with Gasteiger partial charge in [-0.15, -0.1) is 10.2 Å². The summed E-state index contributed by atoms with van der Waals surface area (Å²) in [6.07, 6.45) is 8.64. The van der Waals surface area contributed by atoms with Gasteiger partial charge in [0.15, 0.2) is 12.0 Å². The predicted octanol–water partition coefficient (Wildman–Crippen LogP) is 2.34. The van der Waals surface area contributed by atoms with E-state index in [1.54, 1.807) is 6.07 Å². The van der Waals surface area contributed by atoms with Gasteiger partial charge in [0.1, 0.15) is 5.76 Å². The Morgan fingerprint density at radius 3 is 2.78 bits per heavy atom. The Labute approximate surface area is 158 Å². The van der Waals surface area contributed by atoms with Crippen LogP contribution in [0.25, 0.3) is 0 Å². The molecule has 4 aliphatic rings. The van der Waals surface area contributed by atoms with Crippen LogP contribution < -0.4 is 5.32 Å². The lowest BCUT2D eigenvalue weighted by molar-refractivity contribution is -0.0811. The van der Waals surface area contributed by atoms with E-state index in [9.17, 15) is 4.79 Å². The van der Waals surface area contributed by atoms with Crippen molar-refractivity contribution in [1.29, 1.82) is 0 Å². The van der Waals surface area contributed by atoms with Gasteiger partial charge in [0.05, 0.1) is 5.54 Å². The Hall–Kier alpha value is -2.25. The maximum Gasteiger partial charge on any atom is 0.273 e. The normalized spacial score (nSPS) is 34.3. The van der Waals surface area contributed by atoms with Crippen molar-refractivity contribution in [2.75, 3.05) is 0 Å². The molecule has 0 radical (unpaired) electrons. The van der Waals surface area contributed by atoms with Crippen molar-refractivity contribution in [3.63, 3.8) is 0 Å². The average molecular weight is 370 g/mol. The summed E-state index contributed by atoms with van der Waals surface area (Å²) in [5, 5.41) is 19.9. The molecule has 144 valence electrons. The van der Waals surface area contributed by atoms with Crippen LogP contribution in [0.3, 0.4) is 0 Å². The van der Waals surface area contributed by atoms with E-state index in [1.807, 2.05) is 4.80 Å². The zero-order valence-corrected chi connectivity index (χ0v) is 15.9. The van der Waals surface area contributed by atoms with E-state index < -0.39 is 0 Å². The molecule has 0 saturated heterocycles. The molecule has 2 aromatic rings. The number of carbonyl (C=O) groups is 1. The first-order chi connectivity index (χ1) is 13.0. The minimum absolute atomic E-state index is 0.111. The fourth-order valence-corrected chi connectivity index (χ4v) is 6.20.